The molecule has 0 radical (unpaired) electrons. The lowest BCUT2D eigenvalue weighted by Gasteiger charge is -2.29. The Morgan fingerprint density at radius 1 is 1.58 bits per heavy atom. The number of nitrogens with zero attached hydrogens (tertiary/aromatic N) is 1. The molecular weight excluding hydrogens is 251 g/mol. The monoisotopic (exact) mass is 268 g/mol. The smallest absolute Gasteiger partial charge is 0.337 e. The maximum atomic E-state index is 14.0. The van der Waals surface area contributed by atoms with E-state index in [-0.39, 0.29) is 29.1 Å². The second-order valence-corrected chi connectivity index (χ2v) is 4.74. The molecule has 0 saturated carbocycles. The molecule has 2 unspecified atom stereocenters. The average molecular weight is 268 g/mol. The molecule has 1 aliphatic rings. The van der Waals surface area contributed by atoms with Crippen LogP contribution >= 0.6 is 0 Å². The van der Waals surface area contributed by atoms with Gasteiger partial charge in [0.25, 0.3) is 0 Å². The fraction of sp³-hybridized carbons (Fsp3) is 0.462. The quantitative estimate of drug-likeness (QED) is 0.816. The summed E-state index contributed by atoms with van der Waals surface area (Å²) in [5, 5.41) is 9.03. The second kappa shape index (κ2) is 5.05. The summed E-state index contributed by atoms with van der Waals surface area (Å²) in [5.74, 6) is -1.69. The number of ether oxygens (including phenoxy) is 1. The van der Waals surface area contributed by atoms with Crippen molar-refractivity contribution >= 4 is 17.3 Å². The van der Waals surface area contributed by atoms with Gasteiger partial charge in [0, 0.05) is 19.3 Å². The minimum Gasteiger partial charge on any atom is -0.478 e. The van der Waals surface area contributed by atoms with Gasteiger partial charge in [-0.05, 0) is 25.5 Å². The highest BCUT2D eigenvalue weighted by Gasteiger charge is 2.30. The first-order valence-corrected chi connectivity index (χ1v) is 6.08. The first kappa shape index (κ1) is 13.6. The highest BCUT2D eigenvalue weighted by molar-refractivity contribution is 5.95. The minimum absolute atomic E-state index is 0.0183. The van der Waals surface area contributed by atoms with Gasteiger partial charge in [0.05, 0.1) is 23.4 Å². The molecular formula is C13H17FN2O3. The van der Waals surface area contributed by atoms with Crippen molar-refractivity contribution in [2.45, 2.75) is 25.5 Å². The predicted octanol–water partition coefficient (Wildman–Crippen LogP) is 1.72. The van der Waals surface area contributed by atoms with E-state index in [4.69, 9.17) is 15.6 Å². The van der Waals surface area contributed by atoms with Crippen molar-refractivity contribution in [3.8, 4) is 0 Å². The number of likely N-dealkylation sites (N-methyl/N-ethyl adjacent to an activating group) is 1. The molecule has 3 N–H and O–H groups in total. The number of halogens is 1. The summed E-state index contributed by atoms with van der Waals surface area (Å²) in [5.41, 5.74) is 5.58. The molecule has 0 amide bonds. The Hall–Kier alpha value is -1.82. The summed E-state index contributed by atoms with van der Waals surface area (Å²) in [7, 11) is 1.73. The molecule has 0 spiro atoms. The van der Waals surface area contributed by atoms with Crippen LogP contribution in [-0.2, 0) is 4.74 Å². The van der Waals surface area contributed by atoms with E-state index in [1.165, 1.54) is 6.07 Å². The minimum atomic E-state index is -1.16. The number of rotatable bonds is 3. The van der Waals surface area contributed by atoms with E-state index in [2.05, 4.69) is 0 Å². The van der Waals surface area contributed by atoms with Crippen molar-refractivity contribution in [3.05, 3.63) is 23.5 Å². The third kappa shape index (κ3) is 2.49. The van der Waals surface area contributed by atoms with Crippen LogP contribution < -0.4 is 10.6 Å². The number of hydrogen-bond donors (Lipinski definition) is 2. The number of anilines is 2. The van der Waals surface area contributed by atoms with Gasteiger partial charge < -0.3 is 20.5 Å². The van der Waals surface area contributed by atoms with Gasteiger partial charge in [0.15, 0.2) is 0 Å². The number of carboxylic acid groups (broad SMARTS) is 1. The molecule has 2 atom stereocenters. The summed E-state index contributed by atoms with van der Waals surface area (Å²) < 4.78 is 19.4. The first-order chi connectivity index (χ1) is 8.91. The number of nitrogens with two attached hydrogens (primary N) is 1. The molecule has 104 valence electrons. The molecule has 6 heteroatoms. The average Bonchev–Trinajstić information content (AvgIpc) is 2.74. The van der Waals surface area contributed by atoms with Crippen LogP contribution in [0.25, 0.3) is 0 Å². The zero-order valence-electron chi connectivity index (χ0n) is 10.9. The highest BCUT2D eigenvalue weighted by Crippen LogP contribution is 2.29. The molecule has 1 aliphatic heterocycles. The number of hydrogen-bond acceptors (Lipinski definition) is 4. The van der Waals surface area contributed by atoms with E-state index >= 15 is 0 Å². The molecule has 0 bridgehead atoms. The molecule has 1 fully saturated rings. The Bertz CT molecular complexity index is 507. The van der Waals surface area contributed by atoms with Crippen molar-refractivity contribution in [3.63, 3.8) is 0 Å². The lowest BCUT2D eigenvalue weighted by molar-refractivity contribution is 0.0698. The normalized spacial score (nSPS) is 22.5. The fourth-order valence-corrected chi connectivity index (χ4v) is 2.44. The van der Waals surface area contributed by atoms with Crippen LogP contribution in [0.3, 0.4) is 0 Å². The van der Waals surface area contributed by atoms with E-state index in [9.17, 15) is 9.18 Å². The van der Waals surface area contributed by atoms with Crippen molar-refractivity contribution in [2.24, 2.45) is 0 Å². The molecule has 5 nitrogen and oxygen atoms in total. The van der Waals surface area contributed by atoms with Crippen molar-refractivity contribution in [1.82, 2.24) is 0 Å². The number of nitrogen functional groups attached to an aromatic ring is 1. The third-order valence-corrected chi connectivity index (χ3v) is 3.56. The lowest BCUT2D eigenvalue weighted by Crippen LogP contribution is -2.37. The summed E-state index contributed by atoms with van der Waals surface area (Å²) in [6, 6.07) is 2.35. The van der Waals surface area contributed by atoms with Gasteiger partial charge in [-0.15, -0.1) is 0 Å². The van der Waals surface area contributed by atoms with Crippen LogP contribution in [-0.4, -0.2) is 36.9 Å². The van der Waals surface area contributed by atoms with Crippen LogP contribution in [0.15, 0.2) is 12.1 Å². The first-order valence-electron chi connectivity index (χ1n) is 6.08. The van der Waals surface area contributed by atoms with Crippen molar-refractivity contribution < 1.29 is 19.0 Å². The van der Waals surface area contributed by atoms with Gasteiger partial charge in [-0.2, -0.15) is 0 Å². The number of carboxylic acids is 1. The van der Waals surface area contributed by atoms with Gasteiger partial charge in [0.2, 0.25) is 0 Å². The Labute approximate surface area is 110 Å². The van der Waals surface area contributed by atoms with Crippen molar-refractivity contribution in [2.75, 3.05) is 24.3 Å². The largest absolute Gasteiger partial charge is 0.478 e. The molecule has 2 rings (SSSR count). The zero-order valence-corrected chi connectivity index (χ0v) is 10.9. The zero-order chi connectivity index (χ0) is 14.2. The van der Waals surface area contributed by atoms with E-state index in [1.807, 2.05) is 6.92 Å². The van der Waals surface area contributed by atoms with Gasteiger partial charge in [-0.1, -0.05) is 0 Å². The molecule has 1 heterocycles. The van der Waals surface area contributed by atoms with Crippen LogP contribution in [0.1, 0.15) is 23.7 Å². The molecule has 1 saturated heterocycles. The molecule has 1 aromatic rings. The fourth-order valence-electron chi connectivity index (χ4n) is 2.44. The molecule has 0 aromatic heterocycles. The Morgan fingerprint density at radius 3 is 2.79 bits per heavy atom. The van der Waals surface area contributed by atoms with Gasteiger partial charge in [-0.3, -0.25) is 0 Å². The van der Waals surface area contributed by atoms with Crippen LogP contribution in [0.5, 0.6) is 0 Å². The summed E-state index contributed by atoms with van der Waals surface area (Å²) in [6.45, 7) is 2.54. The maximum Gasteiger partial charge on any atom is 0.337 e. The summed E-state index contributed by atoms with van der Waals surface area (Å²) in [6.07, 6.45) is 0.763. The Kier molecular flexibility index (Phi) is 3.61. The molecule has 1 aromatic carbocycles. The topological polar surface area (TPSA) is 75.8 Å². The number of carbonyl (C=O) groups is 1. The third-order valence-electron chi connectivity index (χ3n) is 3.56. The van der Waals surface area contributed by atoms with Crippen LogP contribution in [0, 0.1) is 5.82 Å². The summed E-state index contributed by atoms with van der Waals surface area (Å²) >= 11 is 0. The van der Waals surface area contributed by atoms with E-state index in [1.54, 1.807) is 11.9 Å². The standard InChI is InChI=1S/C13H17FN2O3/c1-7-11(3-4-19-7)16(2)12-5-8(13(17)18)10(15)6-9(12)14/h5-7,11H,3-4,15H2,1-2H3,(H,17,18). The second-order valence-electron chi connectivity index (χ2n) is 4.74. The van der Waals surface area contributed by atoms with Crippen LogP contribution in [0.2, 0.25) is 0 Å². The lowest BCUT2D eigenvalue weighted by atomic mass is 10.1. The number of benzene rings is 1. The SMILES string of the molecule is CC1OCCC1N(C)c1cc(C(=O)O)c(N)cc1F. The van der Waals surface area contributed by atoms with E-state index in [0.717, 1.165) is 12.5 Å². The Balaban J connectivity index is 2.38. The predicted molar refractivity (Wildman–Crippen MR) is 70.0 cm³/mol. The number of aromatic carboxylic acids is 1. The van der Waals surface area contributed by atoms with Gasteiger partial charge in [0.1, 0.15) is 5.82 Å². The van der Waals surface area contributed by atoms with Crippen molar-refractivity contribution in [1.29, 1.82) is 0 Å². The molecule has 19 heavy (non-hydrogen) atoms. The Morgan fingerprint density at radius 2 is 2.26 bits per heavy atom. The maximum absolute atomic E-state index is 14.0. The van der Waals surface area contributed by atoms with E-state index in [0.29, 0.717) is 6.61 Å². The molecule has 0 aliphatic carbocycles. The van der Waals surface area contributed by atoms with Crippen LogP contribution in [0.4, 0.5) is 15.8 Å². The summed E-state index contributed by atoms with van der Waals surface area (Å²) in [4.78, 5) is 12.8. The van der Waals surface area contributed by atoms with E-state index < -0.39 is 11.8 Å². The van der Waals surface area contributed by atoms with Gasteiger partial charge in [-0.25, -0.2) is 9.18 Å². The van der Waals surface area contributed by atoms with Gasteiger partial charge >= 0.3 is 5.97 Å². The highest BCUT2D eigenvalue weighted by atomic mass is 19.1.